The highest BCUT2D eigenvalue weighted by Gasteiger charge is 2.37. The van der Waals surface area contributed by atoms with Gasteiger partial charge in [0.25, 0.3) is 5.91 Å². The second-order valence-electron chi connectivity index (χ2n) is 5.00. The number of carbonyl (C=O) groups is 2. The van der Waals surface area contributed by atoms with Gasteiger partial charge in [0.2, 0.25) is 5.91 Å². The van der Waals surface area contributed by atoms with E-state index in [1.54, 1.807) is 6.92 Å². The van der Waals surface area contributed by atoms with Crippen molar-refractivity contribution in [2.45, 2.75) is 32.4 Å². The molecule has 1 aliphatic rings. The van der Waals surface area contributed by atoms with Crippen molar-refractivity contribution in [2.75, 3.05) is 6.61 Å². The minimum atomic E-state index is -0.742. The lowest BCUT2D eigenvalue weighted by Crippen LogP contribution is -2.49. The zero-order valence-corrected chi connectivity index (χ0v) is 12.3. The third-order valence-electron chi connectivity index (χ3n) is 3.47. The fourth-order valence-electron chi connectivity index (χ4n) is 2.39. The van der Waals surface area contributed by atoms with Crippen molar-refractivity contribution in [3.05, 3.63) is 47.7 Å². The highest BCUT2D eigenvalue weighted by Crippen LogP contribution is 2.21. The summed E-state index contributed by atoms with van der Waals surface area (Å²) in [4.78, 5) is 25.6. The van der Waals surface area contributed by atoms with E-state index in [2.05, 4.69) is 0 Å². The molecule has 2 amide bonds. The number of hydrogen-bond acceptors (Lipinski definition) is 4. The van der Waals surface area contributed by atoms with Crippen molar-refractivity contribution in [3.8, 4) is 0 Å². The predicted molar refractivity (Wildman–Crippen MR) is 79.1 cm³/mol. The van der Waals surface area contributed by atoms with Crippen LogP contribution in [0.3, 0.4) is 0 Å². The lowest BCUT2D eigenvalue weighted by Gasteiger charge is -2.24. The molecular weight excluding hydrogens is 268 g/mol. The van der Waals surface area contributed by atoms with Gasteiger partial charge < -0.3 is 10.5 Å². The number of rotatable bonds is 5. The molecule has 2 atom stereocenters. The second kappa shape index (κ2) is 6.54. The molecule has 21 heavy (non-hydrogen) atoms. The largest absolute Gasteiger partial charge is 0.496 e. The summed E-state index contributed by atoms with van der Waals surface area (Å²) in [6.45, 7) is 4.06. The summed E-state index contributed by atoms with van der Waals surface area (Å²) in [6, 6.07) is 8.37. The summed E-state index contributed by atoms with van der Waals surface area (Å²) in [7, 11) is 0. The first-order valence-electron chi connectivity index (χ1n) is 7.05. The van der Waals surface area contributed by atoms with Crippen molar-refractivity contribution in [1.29, 1.82) is 0 Å². The smallest absolute Gasteiger partial charge is 0.257 e. The van der Waals surface area contributed by atoms with Crippen LogP contribution in [0.25, 0.3) is 0 Å². The monoisotopic (exact) mass is 288 g/mol. The third kappa shape index (κ3) is 3.31. The standard InChI is InChI=1S/C16H20N2O3/c1-3-21-14-10-15(19)18(11(14)2)16(20)13(17)9-12-7-5-4-6-8-12/h4-8,10-11,13H,3,9,17H2,1-2H3/t11-,13-/m0/s1. The van der Waals surface area contributed by atoms with Crippen molar-refractivity contribution in [3.63, 3.8) is 0 Å². The average molecular weight is 288 g/mol. The Kier molecular flexibility index (Phi) is 4.75. The molecule has 2 rings (SSSR count). The van der Waals surface area contributed by atoms with Gasteiger partial charge in [-0.25, -0.2) is 0 Å². The van der Waals surface area contributed by atoms with E-state index in [0.717, 1.165) is 5.56 Å². The minimum absolute atomic E-state index is 0.362. The van der Waals surface area contributed by atoms with Crippen LogP contribution < -0.4 is 5.73 Å². The van der Waals surface area contributed by atoms with Gasteiger partial charge in [-0.1, -0.05) is 30.3 Å². The Hall–Kier alpha value is -2.14. The van der Waals surface area contributed by atoms with E-state index in [-0.39, 0.29) is 11.8 Å². The quantitative estimate of drug-likeness (QED) is 0.884. The Bertz CT molecular complexity index is 554. The number of nitrogens with two attached hydrogens (primary N) is 1. The number of nitrogens with zero attached hydrogens (tertiary/aromatic N) is 1. The van der Waals surface area contributed by atoms with Crippen LogP contribution in [0.15, 0.2) is 42.2 Å². The van der Waals surface area contributed by atoms with Crippen LogP contribution in [0.4, 0.5) is 0 Å². The van der Waals surface area contributed by atoms with Crippen molar-refractivity contribution >= 4 is 11.8 Å². The molecule has 0 bridgehead atoms. The van der Waals surface area contributed by atoms with Crippen LogP contribution >= 0.6 is 0 Å². The predicted octanol–water partition coefficient (Wildman–Crippen LogP) is 1.23. The topological polar surface area (TPSA) is 72.6 Å². The number of carbonyl (C=O) groups excluding carboxylic acids is 2. The second-order valence-corrected chi connectivity index (χ2v) is 5.00. The van der Waals surface area contributed by atoms with Gasteiger partial charge in [0.1, 0.15) is 5.76 Å². The fourth-order valence-corrected chi connectivity index (χ4v) is 2.39. The first-order valence-corrected chi connectivity index (χ1v) is 7.05. The zero-order chi connectivity index (χ0) is 15.4. The molecule has 1 aliphatic heterocycles. The Morgan fingerprint density at radius 2 is 2.05 bits per heavy atom. The van der Waals surface area contributed by atoms with Gasteiger partial charge in [0, 0.05) is 6.08 Å². The van der Waals surface area contributed by atoms with Crippen molar-refractivity contribution < 1.29 is 14.3 Å². The molecule has 0 fully saturated rings. The maximum Gasteiger partial charge on any atom is 0.257 e. The molecule has 0 unspecified atom stereocenters. The lowest BCUT2D eigenvalue weighted by molar-refractivity contribution is -0.143. The summed E-state index contributed by atoms with van der Waals surface area (Å²) < 4.78 is 5.37. The number of benzene rings is 1. The van der Waals surface area contributed by atoms with E-state index < -0.39 is 12.1 Å². The van der Waals surface area contributed by atoms with Crippen LogP contribution in [-0.4, -0.2) is 35.4 Å². The first-order chi connectivity index (χ1) is 10.0. The summed E-state index contributed by atoms with van der Waals surface area (Å²) in [5.41, 5.74) is 6.93. The van der Waals surface area contributed by atoms with Gasteiger partial charge in [-0.3, -0.25) is 14.5 Å². The van der Waals surface area contributed by atoms with Crippen molar-refractivity contribution in [2.24, 2.45) is 5.73 Å². The van der Waals surface area contributed by atoms with Gasteiger partial charge >= 0.3 is 0 Å². The average Bonchev–Trinajstić information content (AvgIpc) is 2.74. The summed E-state index contributed by atoms with van der Waals surface area (Å²) in [6.07, 6.45) is 1.77. The summed E-state index contributed by atoms with van der Waals surface area (Å²) in [5.74, 6) is -0.218. The molecule has 0 spiro atoms. The molecule has 0 aliphatic carbocycles. The fraction of sp³-hybridized carbons (Fsp3) is 0.375. The molecule has 0 radical (unpaired) electrons. The van der Waals surface area contributed by atoms with E-state index in [9.17, 15) is 9.59 Å². The van der Waals surface area contributed by atoms with Gasteiger partial charge in [-0.15, -0.1) is 0 Å². The number of hydrogen-bond donors (Lipinski definition) is 1. The van der Waals surface area contributed by atoms with E-state index >= 15 is 0 Å². The molecular formula is C16H20N2O3. The zero-order valence-electron chi connectivity index (χ0n) is 12.3. The summed E-state index contributed by atoms with van der Waals surface area (Å²) >= 11 is 0. The Morgan fingerprint density at radius 3 is 2.67 bits per heavy atom. The highest BCUT2D eigenvalue weighted by atomic mass is 16.5. The normalized spacial score (nSPS) is 19.4. The Labute approximate surface area is 124 Å². The van der Waals surface area contributed by atoms with E-state index in [1.807, 2.05) is 37.3 Å². The number of amides is 2. The van der Waals surface area contributed by atoms with E-state index in [4.69, 9.17) is 10.5 Å². The Balaban J connectivity index is 2.05. The van der Waals surface area contributed by atoms with Gasteiger partial charge in [0.15, 0.2) is 0 Å². The lowest BCUT2D eigenvalue weighted by atomic mass is 10.1. The van der Waals surface area contributed by atoms with Crippen LogP contribution in [0, 0.1) is 0 Å². The van der Waals surface area contributed by atoms with Gasteiger partial charge in [-0.2, -0.15) is 0 Å². The molecule has 1 aromatic rings. The van der Waals surface area contributed by atoms with E-state index in [0.29, 0.717) is 18.8 Å². The maximum atomic E-state index is 12.4. The van der Waals surface area contributed by atoms with Gasteiger partial charge in [0.05, 0.1) is 18.7 Å². The highest BCUT2D eigenvalue weighted by molar-refractivity contribution is 6.05. The van der Waals surface area contributed by atoms with Crippen LogP contribution in [0.1, 0.15) is 19.4 Å². The van der Waals surface area contributed by atoms with E-state index in [1.165, 1.54) is 11.0 Å². The Morgan fingerprint density at radius 1 is 1.38 bits per heavy atom. The molecule has 5 heteroatoms. The minimum Gasteiger partial charge on any atom is -0.496 e. The SMILES string of the molecule is CCOC1=CC(=O)N(C(=O)[C@@H](N)Cc2ccccc2)[C@H]1C. The molecule has 0 saturated carbocycles. The molecule has 0 aromatic heterocycles. The van der Waals surface area contributed by atoms with Crippen LogP contribution in [-0.2, 0) is 20.7 Å². The number of imide groups is 1. The third-order valence-corrected chi connectivity index (χ3v) is 3.47. The van der Waals surface area contributed by atoms with Crippen LogP contribution in [0.5, 0.6) is 0 Å². The molecule has 1 heterocycles. The maximum absolute atomic E-state index is 12.4. The molecule has 112 valence electrons. The van der Waals surface area contributed by atoms with Crippen molar-refractivity contribution in [1.82, 2.24) is 4.90 Å². The first kappa shape index (κ1) is 15.3. The number of ether oxygens (including phenoxy) is 1. The molecule has 1 aromatic carbocycles. The molecule has 5 nitrogen and oxygen atoms in total. The summed E-state index contributed by atoms with van der Waals surface area (Å²) in [5, 5.41) is 0. The van der Waals surface area contributed by atoms with Crippen LogP contribution in [0.2, 0.25) is 0 Å². The molecule has 0 saturated heterocycles. The van der Waals surface area contributed by atoms with Gasteiger partial charge in [-0.05, 0) is 25.8 Å². The molecule has 2 N–H and O–H groups in total.